The van der Waals surface area contributed by atoms with E-state index in [1.54, 1.807) is 0 Å². The fraction of sp³-hybridized carbons (Fsp3) is 0.417. The molecular formula is C12H14O2. The van der Waals surface area contributed by atoms with Crippen molar-refractivity contribution in [2.75, 3.05) is 0 Å². The third kappa shape index (κ3) is 1.46. The van der Waals surface area contributed by atoms with E-state index < -0.39 is 0 Å². The summed E-state index contributed by atoms with van der Waals surface area (Å²) in [5.41, 5.74) is 3.26. The van der Waals surface area contributed by atoms with E-state index in [0.29, 0.717) is 12.2 Å². The molecule has 1 unspecified atom stereocenters. The van der Waals surface area contributed by atoms with Crippen molar-refractivity contribution in [3.8, 4) is 0 Å². The van der Waals surface area contributed by atoms with Crippen molar-refractivity contribution in [1.29, 1.82) is 0 Å². The zero-order chi connectivity index (χ0) is 10.1. The first kappa shape index (κ1) is 9.41. The third-order valence-corrected chi connectivity index (χ3v) is 2.98. The first-order chi connectivity index (χ1) is 6.72. The Balaban J connectivity index is 2.46. The molecule has 0 amide bonds. The third-order valence-electron chi connectivity index (χ3n) is 2.98. The Kier molecular flexibility index (Phi) is 2.38. The number of Topliss-reactive ketones (excluding diaryl/α,β-unsaturated/α-hetero) is 1. The standard InChI is InChI=1S/C12H14O2/c1-8-11-6-9(7-13)2-3-10(11)4-5-12(8)14/h2-3,6,8,13H,4-5,7H2,1H3. The van der Waals surface area contributed by atoms with Gasteiger partial charge in [-0.3, -0.25) is 4.79 Å². The lowest BCUT2D eigenvalue weighted by Gasteiger charge is -2.21. The normalized spacial score (nSPS) is 20.7. The van der Waals surface area contributed by atoms with Crippen LogP contribution in [0.2, 0.25) is 0 Å². The van der Waals surface area contributed by atoms with E-state index in [0.717, 1.165) is 17.5 Å². The summed E-state index contributed by atoms with van der Waals surface area (Å²) >= 11 is 0. The molecule has 1 aromatic rings. The van der Waals surface area contributed by atoms with Crippen molar-refractivity contribution >= 4 is 5.78 Å². The van der Waals surface area contributed by atoms with E-state index in [4.69, 9.17) is 5.11 Å². The van der Waals surface area contributed by atoms with Gasteiger partial charge in [0.05, 0.1) is 6.61 Å². The molecule has 0 spiro atoms. The molecule has 2 heteroatoms. The highest BCUT2D eigenvalue weighted by Gasteiger charge is 2.23. The molecule has 0 saturated heterocycles. The van der Waals surface area contributed by atoms with E-state index in [2.05, 4.69) is 0 Å². The monoisotopic (exact) mass is 190 g/mol. The molecule has 14 heavy (non-hydrogen) atoms. The Bertz CT molecular complexity index is 369. The summed E-state index contributed by atoms with van der Waals surface area (Å²) in [7, 11) is 0. The van der Waals surface area contributed by atoms with Gasteiger partial charge in [0.2, 0.25) is 0 Å². The lowest BCUT2D eigenvalue weighted by molar-refractivity contribution is -0.120. The highest BCUT2D eigenvalue weighted by atomic mass is 16.3. The number of rotatable bonds is 1. The highest BCUT2D eigenvalue weighted by Crippen LogP contribution is 2.29. The molecule has 1 aliphatic rings. The molecule has 74 valence electrons. The van der Waals surface area contributed by atoms with Crippen LogP contribution < -0.4 is 0 Å². The Morgan fingerprint density at radius 3 is 2.93 bits per heavy atom. The number of hydrogen-bond donors (Lipinski definition) is 1. The molecule has 1 atom stereocenters. The quantitative estimate of drug-likeness (QED) is 0.733. The smallest absolute Gasteiger partial charge is 0.140 e. The van der Waals surface area contributed by atoms with Gasteiger partial charge in [-0.15, -0.1) is 0 Å². The molecule has 0 heterocycles. The van der Waals surface area contributed by atoms with Gasteiger partial charge in [0.1, 0.15) is 5.78 Å². The lowest BCUT2D eigenvalue weighted by atomic mass is 9.82. The Morgan fingerprint density at radius 2 is 2.21 bits per heavy atom. The first-order valence-corrected chi connectivity index (χ1v) is 4.97. The van der Waals surface area contributed by atoms with Gasteiger partial charge in [-0.1, -0.05) is 25.1 Å². The molecule has 0 bridgehead atoms. The van der Waals surface area contributed by atoms with Crippen molar-refractivity contribution in [1.82, 2.24) is 0 Å². The minimum atomic E-state index is 0.00486. The Hall–Kier alpha value is -1.15. The molecule has 2 nitrogen and oxygen atoms in total. The molecule has 0 fully saturated rings. The summed E-state index contributed by atoms with van der Waals surface area (Å²) < 4.78 is 0. The van der Waals surface area contributed by atoms with E-state index in [-0.39, 0.29) is 12.5 Å². The van der Waals surface area contributed by atoms with Crippen molar-refractivity contribution < 1.29 is 9.90 Å². The average molecular weight is 190 g/mol. The molecule has 0 radical (unpaired) electrons. The molecule has 1 aliphatic carbocycles. The number of ketones is 1. The van der Waals surface area contributed by atoms with Crippen LogP contribution >= 0.6 is 0 Å². The SMILES string of the molecule is CC1C(=O)CCc2ccc(CO)cc21. The Labute approximate surface area is 83.6 Å². The van der Waals surface area contributed by atoms with Crippen LogP contribution in [0.3, 0.4) is 0 Å². The van der Waals surface area contributed by atoms with Gasteiger partial charge < -0.3 is 5.11 Å². The van der Waals surface area contributed by atoms with Crippen LogP contribution in [0.25, 0.3) is 0 Å². The second kappa shape index (κ2) is 3.54. The minimum absolute atomic E-state index is 0.00486. The van der Waals surface area contributed by atoms with Gasteiger partial charge in [-0.25, -0.2) is 0 Å². The molecule has 1 N–H and O–H groups in total. The van der Waals surface area contributed by atoms with Crippen LogP contribution in [0.4, 0.5) is 0 Å². The van der Waals surface area contributed by atoms with Gasteiger partial charge in [0.15, 0.2) is 0 Å². The summed E-state index contributed by atoms with van der Waals surface area (Å²) in [6, 6.07) is 5.92. The maximum absolute atomic E-state index is 11.5. The summed E-state index contributed by atoms with van der Waals surface area (Å²) in [5, 5.41) is 9.01. The number of carbonyl (C=O) groups excluding carboxylic acids is 1. The summed E-state index contributed by atoms with van der Waals surface area (Å²) in [5.74, 6) is 0.317. The number of aliphatic hydroxyl groups is 1. The Morgan fingerprint density at radius 1 is 1.43 bits per heavy atom. The summed E-state index contributed by atoms with van der Waals surface area (Å²) in [4.78, 5) is 11.5. The predicted molar refractivity (Wildman–Crippen MR) is 54.1 cm³/mol. The van der Waals surface area contributed by atoms with Gasteiger partial charge in [0, 0.05) is 12.3 Å². The fourth-order valence-corrected chi connectivity index (χ4v) is 2.02. The van der Waals surface area contributed by atoms with E-state index >= 15 is 0 Å². The van der Waals surface area contributed by atoms with Crippen LogP contribution in [0.15, 0.2) is 18.2 Å². The van der Waals surface area contributed by atoms with Crippen LogP contribution in [-0.4, -0.2) is 10.9 Å². The molecule has 0 aromatic heterocycles. The van der Waals surface area contributed by atoms with Crippen molar-refractivity contribution in [3.05, 3.63) is 34.9 Å². The topological polar surface area (TPSA) is 37.3 Å². The lowest BCUT2D eigenvalue weighted by Crippen LogP contribution is -2.18. The van der Waals surface area contributed by atoms with Crippen LogP contribution in [0, 0.1) is 0 Å². The van der Waals surface area contributed by atoms with E-state index in [1.807, 2.05) is 25.1 Å². The largest absolute Gasteiger partial charge is 0.392 e. The minimum Gasteiger partial charge on any atom is -0.392 e. The second-order valence-corrected chi connectivity index (χ2v) is 3.88. The van der Waals surface area contributed by atoms with Crippen molar-refractivity contribution in [2.24, 2.45) is 0 Å². The first-order valence-electron chi connectivity index (χ1n) is 4.97. The number of aryl methyl sites for hydroxylation is 1. The average Bonchev–Trinajstić information content (AvgIpc) is 2.23. The molecule has 2 rings (SSSR count). The van der Waals surface area contributed by atoms with Crippen LogP contribution in [0.1, 0.15) is 36.0 Å². The number of hydrogen-bond acceptors (Lipinski definition) is 2. The molecular weight excluding hydrogens is 176 g/mol. The molecule has 1 aromatic carbocycles. The van der Waals surface area contributed by atoms with Crippen molar-refractivity contribution in [3.63, 3.8) is 0 Å². The predicted octanol–water partition coefficient (Wildman–Crippen LogP) is 1.80. The molecule has 0 aliphatic heterocycles. The van der Waals surface area contributed by atoms with Gasteiger partial charge in [-0.05, 0) is 23.1 Å². The number of aliphatic hydroxyl groups excluding tert-OH is 1. The highest BCUT2D eigenvalue weighted by molar-refractivity contribution is 5.87. The van der Waals surface area contributed by atoms with E-state index in [1.165, 1.54) is 5.56 Å². The zero-order valence-corrected chi connectivity index (χ0v) is 8.29. The number of benzene rings is 1. The van der Waals surface area contributed by atoms with Crippen molar-refractivity contribution in [2.45, 2.75) is 32.3 Å². The second-order valence-electron chi connectivity index (χ2n) is 3.88. The van der Waals surface area contributed by atoms with Gasteiger partial charge >= 0.3 is 0 Å². The molecule has 0 saturated carbocycles. The zero-order valence-electron chi connectivity index (χ0n) is 8.29. The van der Waals surface area contributed by atoms with Gasteiger partial charge in [0.25, 0.3) is 0 Å². The van der Waals surface area contributed by atoms with Crippen LogP contribution in [0.5, 0.6) is 0 Å². The number of carbonyl (C=O) groups is 1. The fourth-order valence-electron chi connectivity index (χ4n) is 2.02. The number of fused-ring (bicyclic) bond motifs is 1. The summed E-state index contributed by atoms with van der Waals surface area (Å²) in [6.45, 7) is 2.00. The summed E-state index contributed by atoms with van der Waals surface area (Å²) in [6.07, 6.45) is 1.51. The van der Waals surface area contributed by atoms with Gasteiger partial charge in [-0.2, -0.15) is 0 Å². The van der Waals surface area contributed by atoms with Crippen LogP contribution in [-0.2, 0) is 17.8 Å². The maximum Gasteiger partial charge on any atom is 0.140 e. The van der Waals surface area contributed by atoms with E-state index in [9.17, 15) is 4.79 Å². The maximum atomic E-state index is 11.5.